The van der Waals surface area contributed by atoms with Gasteiger partial charge in [0.05, 0.1) is 30.8 Å². The van der Waals surface area contributed by atoms with Crippen molar-refractivity contribution in [2.45, 2.75) is 25.4 Å². The maximum atomic E-state index is 13.1. The third-order valence-corrected chi connectivity index (χ3v) is 5.86. The summed E-state index contributed by atoms with van der Waals surface area (Å²) in [5.74, 6) is 0.535. The average Bonchev–Trinajstić information content (AvgIpc) is 3.34. The molecule has 0 radical (unpaired) electrons. The molecule has 31 heavy (non-hydrogen) atoms. The maximum Gasteiger partial charge on any atom is 0.261 e. The van der Waals surface area contributed by atoms with Gasteiger partial charge >= 0.3 is 0 Å². The molecule has 0 saturated carbocycles. The monoisotopic (exact) mass is 423 g/mol. The number of ether oxygens (including phenoxy) is 2. The molecule has 1 amide bonds. The van der Waals surface area contributed by atoms with Crippen molar-refractivity contribution in [2.24, 2.45) is 0 Å². The largest absolute Gasteiger partial charge is 0.487 e. The van der Waals surface area contributed by atoms with Crippen LogP contribution in [-0.4, -0.2) is 64.1 Å². The number of anilines is 2. The molecule has 0 aliphatic carbocycles. The number of hydrogen-bond donors (Lipinski definition) is 2. The second kappa shape index (κ2) is 7.82. The van der Waals surface area contributed by atoms with Crippen molar-refractivity contribution >= 4 is 22.9 Å². The normalized spacial score (nSPS) is 20.5. The Morgan fingerprint density at radius 1 is 1.32 bits per heavy atom. The Bertz CT molecular complexity index is 1120. The van der Waals surface area contributed by atoms with Gasteiger partial charge in [0.2, 0.25) is 0 Å². The minimum Gasteiger partial charge on any atom is -0.487 e. The van der Waals surface area contributed by atoms with Crippen LogP contribution < -0.4 is 15.0 Å². The third kappa shape index (κ3) is 3.70. The number of carbonyl (C=O) groups excluding carboxylic acids is 1. The van der Waals surface area contributed by atoms with Gasteiger partial charge in [-0.25, -0.2) is 9.50 Å². The summed E-state index contributed by atoms with van der Waals surface area (Å²) in [5, 5.41) is 16.7. The maximum absolute atomic E-state index is 13.1. The van der Waals surface area contributed by atoms with E-state index < -0.39 is 5.60 Å². The van der Waals surface area contributed by atoms with Gasteiger partial charge in [-0.15, -0.1) is 0 Å². The van der Waals surface area contributed by atoms with Crippen LogP contribution in [-0.2, 0) is 11.2 Å². The Balaban J connectivity index is 1.50. The number of nitrogens with one attached hydrogen (secondary N) is 1. The Morgan fingerprint density at radius 2 is 2.16 bits per heavy atom. The fraction of sp³-hybridized carbons (Fsp3) is 0.409. The van der Waals surface area contributed by atoms with Crippen LogP contribution in [0.4, 0.5) is 11.4 Å². The SMILES string of the molecule is C[C@@]1(CCO)Cc2cc(NC(=O)c3cnn4cccnc34)c(N3CCOCC3)cc2O1. The Kier molecular flexibility index (Phi) is 4.99. The first-order valence-corrected chi connectivity index (χ1v) is 10.5. The van der Waals surface area contributed by atoms with Crippen molar-refractivity contribution in [1.82, 2.24) is 14.6 Å². The van der Waals surface area contributed by atoms with Gasteiger partial charge in [-0.3, -0.25) is 4.79 Å². The number of rotatable bonds is 5. The summed E-state index contributed by atoms with van der Waals surface area (Å²) < 4.78 is 13.3. The molecule has 2 aliphatic rings. The summed E-state index contributed by atoms with van der Waals surface area (Å²) in [6.45, 7) is 4.78. The van der Waals surface area contributed by atoms with E-state index in [1.165, 1.54) is 6.20 Å². The van der Waals surface area contributed by atoms with Crippen LogP contribution >= 0.6 is 0 Å². The quantitative estimate of drug-likeness (QED) is 0.646. The molecule has 1 atom stereocenters. The van der Waals surface area contributed by atoms with Crippen molar-refractivity contribution < 1.29 is 19.4 Å². The van der Waals surface area contributed by atoms with E-state index in [4.69, 9.17) is 9.47 Å². The third-order valence-electron chi connectivity index (χ3n) is 5.86. The highest BCUT2D eigenvalue weighted by Gasteiger charge is 2.36. The topological polar surface area (TPSA) is 101 Å². The summed E-state index contributed by atoms with van der Waals surface area (Å²) in [4.78, 5) is 19.6. The van der Waals surface area contributed by atoms with Crippen LogP contribution in [0.5, 0.6) is 5.75 Å². The van der Waals surface area contributed by atoms with Gasteiger partial charge in [-0.2, -0.15) is 5.10 Å². The number of amides is 1. The fourth-order valence-corrected chi connectivity index (χ4v) is 4.27. The first-order chi connectivity index (χ1) is 15.1. The van der Waals surface area contributed by atoms with Crippen LogP contribution in [0.2, 0.25) is 0 Å². The lowest BCUT2D eigenvalue weighted by Gasteiger charge is -2.31. The molecule has 162 valence electrons. The average molecular weight is 423 g/mol. The van der Waals surface area contributed by atoms with Crippen molar-refractivity contribution in [3.05, 3.63) is 47.9 Å². The van der Waals surface area contributed by atoms with Gasteiger partial charge in [0.25, 0.3) is 5.91 Å². The summed E-state index contributed by atoms with van der Waals surface area (Å²) in [6.07, 6.45) is 6.15. The van der Waals surface area contributed by atoms with Gasteiger partial charge in [0.1, 0.15) is 16.9 Å². The molecular weight excluding hydrogens is 398 g/mol. The van der Waals surface area contributed by atoms with Crippen molar-refractivity contribution in [1.29, 1.82) is 0 Å². The molecule has 2 aromatic heterocycles. The lowest BCUT2D eigenvalue weighted by Crippen LogP contribution is -2.36. The van der Waals surface area contributed by atoms with Gasteiger partial charge in [-0.05, 0) is 19.1 Å². The van der Waals surface area contributed by atoms with Gasteiger partial charge < -0.3 is 24.8 Å². The number of nitrogens with zero attached hydrogens (tertiary/aromatic N) is 4. The van der Waals surface area contributed by atoms with Crippen LogP contribution in [0.1, 0.15) is 29.3 Å². The van der Waals surface area contributed by atoms with E-state index in [1.807, 2.05) is 19.1 Å². The molecular formula is C22H25N5O4. The second-order valence-corrected chi connectivity index (χ2v) is 8.18. The number of aliphatic hydroxyl groups excluding tert-OH is 1. The van der Waals surface area contributed by atoms with E-state index in [1.54, 1.807) is 23.0 Å². The molecule has 9 nitrogen and oxygen atoms in total. The summed E-state index contributed by atoms with van der Waals surface area (Å²) in [6, 6.07) is 5.75. The molecule has 2 N–H and O–H groups in total. The molecule has 1 aromatic carbocycles. The number of carbonyl (C=O) groups is 1. The highest BCUT2D eigenvalue weighted by Crippen LogP contribution is 2.43. The van der Waals surface area contributed by atoms with E-state index in [2.05, 4.69) is 20.3 Å². The minimum atomic E-state index is -0.450. The van der Waals surface area contributed by atoms with E-state index in [9.17, 15) is 9.90 Å². The van der Waals surface area contributed by atoms with Crippen LogP contribution in [0.3, 0.4) is 0 Å². The standard InChI is InChI=1S/C22H25N5O4/c1-22(3-8-28)13-15-11-17(18(12-19(15)31-22)26-6-9-30-10-7-26)25-21(29)16-14-24-27-5-2-4-23-20(16)27/h2,4-5,11-12,14,28H,3,6-10,13H2,1H3,(H,25,29)/t22-/m1/s1. The zero-order chi connectivity index (χ0) is 21.4. The Labute approximate surface area is 179 Å². The predicted octanol–water partition coefficient (Wildman–Crippen LogP) is 1.89. The lowest BCUT2D eigenvalue weighted by atomic mass is 9.95. The van der Waals surface area contributed by atoms with Gasteiger partial charge in [0, 0.05) is 56.6 Å². The number of aliphatic hydroxyl groups is 1. The number of aromatic nitrogens is 3. The van der Waals surface area contributed by atoms with E-state index in [-0.39, 0.29) is 12.5 Å². The van der Waals surface area contributed by atoms with Gasteiger partial charge in [-0.1, -0.05) is 0 Å². The highest BCUT2D eigenvalue weighted by atomic mass is 16.5. The molecule has 0 spiro atoms. The molecule has 0 bridgehead atoms. The molecule has 2 aliphatic heterocycles. The van der Waals surface area contributed by atoms with Crippen molar-refractivity contribution in [2.75, 3.05) is 43.1 Å². The predicted molar refractivity (Wildman–Crippen MR) is 115 cm³/mol. The number of fused-ring (bicyclic) bond motifs is 2. The number of hydrogen-bond acceptors (Lipinski definition) is 7. The van der Waals surface area contributed by atoms with E-state index >= 15 is 0 Å². The fourth-order valence-electron chi connectivity index (χ4n) is 4.27. The highest BCUT2D eigenvalue weighted by molar-refractivity contribution is 6.09. The molecule has 3 aromatic rings. The smallest absolute Gasteiger partial charge is 0.261 e. The van der Waals surface area contributed by atoms with Crippen LogP contribution in [0.25, 0.3) is 5.65 Å². The van der Waals surface area contributed by atoms with E-state index in [0.717, 1.165) is 35.8 Å². The van der Waals surface area contributed by atoms with Crippen molar-refractivity contribution in [3.8, 4) is 5.75 Å². The number of benzene rings is 1. The molecule has 5 rings (SSSR count). The molecule has 1 saturated heterocycles. The van der Waals surface area contributed by atoms with Gasteiger partial charge in [0.15, 0.2) is 5.65 Å². The van der Waals surface area contributed by atoms with Crippen LogP contribution in [0.15, 0.2) is 36.8 Å². The summed E-state index contributed by atoms with van der Waals surface area (Å²) in [5.41, 5.74) is 3.10. The second-order valence-electron chi connectivity index (χ2n) is 8.18. The first kappa shape index (κ1) is 19.8. The molecule has 0 unspecified atom stereocenters. The first-order valence-electron chi connectivity index (χ1n) is 10.5. The Morgan fingerprint density at radius 3 is 2.97 bits per heavy atom. The molecule has 1 fully saturated rings. The van der Waals surface area contributed by atoms with Crippen molar-refractivity contribution in [3.63, 3.8) is 0 Å². The van der Waals surface area contributed by atoms with E-state index in [0.29, 0.717) is 37.3 Å². The lowest BCUT2D eigenvalue weighted by molar-refractivity contribution is 0.0811. The Hall–Kier alpha value is -3.17. The summed E-state index contributed by atoms with van der Waals surface area (Å²) in [7, 11) is 0. The zero-order valence-electron chi connectivity index (χ0n) is 17.4. The number of morpholine rings is 1. The molecule has 9 heteroatoms. The summed E-state index contributed by atoms with van der Waals surface area (Å²) >= 11 is 0. The van der Waals surface area contributed by atoms with Crippen LogP contribution in [0, 0.1) is 0 Å². The molecule has 4 heterocycles. The zero-order valence-corrected chi connectivity index (χ0v) is 17.4. The minimum absolute atomic E-state index is 0.0616.